The predicted octanol–water partition coefficient (Wildman–Crippen LogP) is 0.734. The van der Waals surface area contributed by atoms with E-state index in [0.717, 1.165) is 0 Å². The molecule has 0 heterocycles. The maximum Gasteiger partial charge on any atom is 0.236 e. The van der Waals surface area contributed by atoms with Crippen molar-refractivity contribution in [2.24, 2.45) is 4.99 Å². The number of aliphatic imine (C=N–C) groups is 1. The van der Waals surface area contributed by atoms with Crippen LogP contribution in [0.25, 0.3) is 0 Å². The van der Waals surface area contributed by atoms with Gasteiger partial charge in [-0.15, -0.1) is 5.92 Å². The third kappa shape index (κ3) is 3.14. The fourth-order valence-electron chi connectivity index (χ4n) is 0.320. The van der Waals surface area contributed by atoms with E-state index in [0.29, 0.717) is 0 Å². The average molecular weight is 109 g/mol. The quantitative estimate of drug-likeness (QED) is 0.277. The Kier molecular flexibility index (Phi) is 3.56. The molecule has 8 heavy (non-hydrogen) atoms. The van der Waals surface area contributed by atoms with Gasteiger partial charge in [0.1, 0.15) is 6.04 Å². The highest BCUT2D eigenvalue weighted by Crippen LogP contribution is 1.80. The van der Waals surface area contributed by atoms with Gasteiger partial charge in [0.2, 0.25) is 6.08 Å². The SMILES string of the molecule is CC#CC(C)N=C=O. The molecular weight excluding hydrogens is 102 g/mol. The van der Waals surface area contributed by atoms with E-state index in [-0.39, 0.29) is 6.04 Å². The molecule has 0 amide bonds. The third-order valence-electron chi connectivity index (χ3n) is 0.600. The molecule has 0 saturated carbocycles. The summed E-state index contributed by atoms with van der Waals surface area (Å²) in [5.41, 5.74) is 0. The van der Waals surface area contributed by atoms with Crippen molar-refractivity contribution in [2.75, 3.05) is 0 Å². The Bertz CT molecular complexity index is 157. The molecule has 2 nitrogen and oxygen atoms in total. The van der Waals surface area contributed by atoms with Gasteiger partial charge in [0, 0.05) is 0 Å². The summed E-state index contributed by atoms with van der Waals surface area (Å²) in [6.45, 7) is 3.44. The van der Waals surface area contributed by atoms with E-state index in [1.54, 1.807) is 13.8 Å². The molecule has 0 N–H and O–H groups in total. The number of nitrogens with zero attached hydrogens (tertiary/aromatic N) is 1. The Morgan fingerprint density at radius 2 is 2.25 bits per heavy atom. The van der Waals surface area contributed by atoms with Gasteiger partial charge < -0.3 is 0 Å². The van der Waals surface area contributed by atoms with Gasteiger partial charge in [-0.2, -0.15) is 4.99 Å². The summed E-state index contributed by atoms with van der Waals surface area (Å²) in [6.07, 6.45) is 1.42. The number of hydrogen-bond acceptors (Lipinski definition) is 2. The first-order valence-corrected chi connectivity index (χ1v) is 2.30. The average Bonchev–Trinajstić information content (AvgIpc) is 1.68. The van der Waals surface area contributed by atoms with Crippen LogP contribution in [0.1, 0.15) is 13.8 Å². The van der Waals surface area contributed by atoms with Crippen LogP contribution in [-0.4, -0.2) is 12.1 Å². The van der Waals surface area contributed by atoms with Gasteiger partial charge in [0.25, 0.3) is 0 Å². The summed E-state index contributed by atoms with van der Waals surface area (Å²) in [6, 6.07) is -0.197. The molecule has 1 atom stereocenters. The molecule has 0 aromatic carbocycles. The predicted molar refractivity (Wildman–Crippen MR) is 31.0 cm³/mol. The van der Waals surface area contributed by atoms with E-state index in [2.05, 4.69) is 16.8 Å². The van der Waals surface area contributed by atoms with Crippen molar-refractivity contribution in [2.45, 2.75) is 19.9 Å². The van der Waals surface area contributed by atoms with Crippen molar-refractivity contribution in [3.05, 3.63) is 0 Å². The van der Waals surface area contributed by atoms with Crippen molar-refractivity contribution in [1.29, 1.82) is 0 Å². The summed E-state index contributed by atoms with van der Waals surface area (Å²) >= 11 is 0. The van der Waals surface area contributed by atoms with Crippen LogP contribution in [0.3, 0.4) is 0 Å². The molecule has 1 unspecified atom stereocenters. The monoisotopic (exact) mass is 109 g/mol. The molecule has 0 aliphatic rings. The second-order valence-electron chi connectivity index (χ2n) is 1.29. The molecule has 0 spiro atoms. The zero-order valence-electron chi connectivity index (χ0n) is 4.93. The van der Waals surface area contributed by atoms with Gasteiger partial charge in [0.05, 0.1) is 0 Å². The van der Waals surface area contributed by atoms with E-state index in [1.165, 1.54) is 6.08 Å². The van der Waals surface area contributed by atoms with Crippen molar-refractivity contribution in [1.82, 2.24) is 0 Å². The normalized spacial score (nSPS) is 10.2. The number of hydrogen-bond donors (Lipinski definition) is 0. The lowest BCUT2D eigenvalue weighted by molar-refractivity contribution is 0.562. The highest BCUT2D eigenvalue weighted by molar-refractivity contribution is 5.34. The molecule has 0 aromatic heterocycles. The van der Waals surface area contributed by atoms with Gasteiger partial charge in [-0.3, -0.25) is 0 Å². The molecule has 0 saturated heterocycles. The van der Waals surface area contributed by atoms with Crippen LogP contribution in [0.5, 0.6) is 0 Å². The summed E-state index contributed by atoms with van der Waals surface area (Å²) in [5.74, 6) is 5.30. The molecule has 0 aromatic rings. The Morgan fingerprint density at radius 3 is 2.62 bits per heavy atom. The lowest BCUT2D eigenvalue weighted by atomic mass is 10.4. The first kappa shape index (κ1) is 6.94. The van der Waals surface area contributed by atoms with Crippen LogP contribution < -0.4 is 0 Å². The molecule has 0 aliphatic carbocycles. The van der Waals surface area contributed by atoms with Crippen LogP contribution in [0.4, 0.5) is 0 Å². The number of rotatable bonds is 1. The zero-order chi connectivity index (χ0) is 6.41. The molecule has 2 heteroatoms. The Hall–Kier alpha value is -1.06. The maximum atomic E-state index is 9.53. The summed E-state index contributed by atoms with van der Waals surface area (Å²) in [7, 11) is 0. The minimum Gasteiger partial charge on any atom is -0.211 e. The van der Waals surface area contributed by atoms with Crippen molar-refractivity contribution >= 4 is 6.08 Å². The lowest BCUT2D eigenvalue weighted by Crippen LogP contribution is -1.89. The minimum absolute atomic E-state index is 0.197. The highest BCUT2D eigenvalue weighted by Gasteiger charge is 1.85. The molecule has 0 rings (SSSR count). The highest BCUT2D eigenvalue weighted by atomic mass is 16.1. The topological polar surface area (TPSA) is 29.4 Å². The second kappa shape index (κ2) is 4.11. The van der Waals surface area contributed by atoms with Gasteiger partial charge in [-0.25, -0.2) is 4.79 Å². The lowest BCUT2D eigenvalue weighted by Gasteiger charge is -1.84. The largest absolute Gasteiger partial charge is 0.236 e. The second-order valence-corrected chi connectivity index (χ2v) is 1.29. The van der Waals surface area contributed by atoms with Crippen molar-refractivity contribution < 1.29 is 4.79 Å². The van der Waals surface area contributed by atoms with Crippen LogP contribution in [-0.2, 0) is 4.79 Å². The Morgan fingerprint density at radius 1 is 1.62 bits per heavy atom. The molecule has 0 radical (unpaired) electrons. The minimum atomic E-state index is -0.197. The van der Waals surface area contributed by atoms with E-state index in [4.69, 9.17) is 0 Å². The Labute approximate surface area is 48.6 Å². The van der Waals surface area contributed by atoms with Crippen LogP contribution in [0.15, 0.2) is 4.99 Å². The van der Waals surface area contributed by atoms with E-state index in [1.807, 2.05) is 0 Å². The fraction of sp³-hybridized carbons (Fsp3) is 0.500. The molecular formula is C6H7NO. The molecule has 0 aliphatic heterocycles. The first-order valence-electron chi connectivity index (χ1n) is 2.30. The maximum absolute atomic E-state index is 9.53. The van der Waals surface area contributed by atoms with Gasteiger partial charge in [-0.1, -0.05) is 5.92 Å². The van der Waals surface area contributed by atoms with E-state index in [9.17, 15) is 4.79 Å². The standard InChI is InChI=1S/C6H7NO/c1-3-4-6(2)7-5-8/h6H,1-2H3. The van der Waals surface area contributed by atoms with Gasteiger partial charge in [0.15, 0.2) is 0 Å². The number of isocyanates is 1. The van der Waals surface area contributed by atoms with Crippen molar-refractivity contribution in [3.8, 4) is 11.8 Å². The summed E-state index contributed by atoms with van der Waals surface area (Å²) in [4.78, 5) is 12.9. The molecule has 0 fully saturated rings. The smallest absolute Gasteiger partial charge is 0.211 e. The Balaban J connectivity index is 3.76. The molecule has 0 bridgehead atoms. The van der Waals surface area contributed by atoms with Gasteiger partial charge >= 0.3 is 0 Å². The zero-order valence-corrected chi connectivity index (χ0v) is 4.93. The fourth-order valence-corrected chi connectivity index (χ4v) is 0.320. The summed E-state index contributed by atoms with van der Waals surface area (Å²) < 4.78 is 0. The first-order chi connectivity index (χ1) is 3.81. The molecule has 42 valence electrons. The van der Waals surface area contributed by atoms with Crippen LogP contribution >= 0.6 is 0 Å². The van der Waals surface area contributed by atoms with Gasteiger partial charge in [-0.05, 0) is 13.8 Å². The van der Waals surface area contributed by atoms with E-state index >= 15 is 0 Å². The van der Waals surface area contributed by atoms with Crippen LogP contribution in [0, 0.1) is 11.8 Å². The number of carbonyl (C=O) groups excluding carboxylic acids is 1. The van der Waals surface area contributed by atoms with Crippen LogP contribution in [0.2, 0.25) is 0 Å². The summed E-state index contributed by atoms with van der Waals surface area (Å²) in [5, 5.41) is 0. The third-order valence-corrected chi connectivity index (χ3v) is 0.600. The van der Waals surface area contributed by atoms with Crippen molar-refractivity contribution in [3.63, 3.8) is 0 Å². The van der Waals surface area contributed by atoms with E-state index < -0.39 is 0 Å².